The van der Waals surface area contributed by atoms with E-state index in [1.807, 2.05) is 63.2 Å². The summed E-state index contributed by atoms with van der Waals surface area (Å²) in [7, 11) is 0. The summed E-state index contributed by atoms with van der Waals surface area (Å²) >= 11 is 0. The predicted octanol–water partition coefficient (Wildman–Crippen LogP) is 6.30. The summed E-state index contributed by atoms with van der Waals surface area (Å²) in [6, 6.07) is 17.1. The van der Waals surface area contributed by atoms with E-state index < -0.39 is 30.3 Å². The van der Waals surface area contributed by atoms with Crippen molar-refractivity contribution in [2.45, 2.75) is 71.2 Å². The van der Waals surface area contributed by atoms with Crippen molar-refractivity contribution in [3.63, 3.8) is 0 Å². The third kappa shape index (κ3) is 5.00. The highest BCUT2D eigenvalue weighted by molar-refractivity contribution is 5.93. The Hall–Kier alpha value is -2.87. The zero-order valence-electron chi connectivity index (χ0n) is 22.0. The van der Waals surface area contributed by atoms with E-state index in [-0.39, 0.29) is 33.9 Å². The Morgan fingerprint density at radius 1 is 1.03 bits per heavy atom. The molecule has 1 saturated carbocycles. The van der Waals surface area contributed by atoms with E-state index in [0.717, 1.165) is 11.1 Å². The zero-order chi connectivity index (χ0) is 27.2. The van der Waals surface area contributed by atoms with Crippen molar-refractivity contribution in [3.05, 3.63) is 65.7 Å². The Bertz CT molecular complexity index is 1150. The highest BCUT2D eigenvalue weighted by atomic mass is 19.4. The summed E-state index contributed by atoms with van der Waals surface area (Å²) in [6.07, 6.45) is -3.98. The van der Waals surface area contributed by atoms with Gasteiger partial charge in [0.1, 0.15) is 5.75 Å². The van der Waals surface area contributed by atoms with Crippen LogP contribution in [0.3, 0.4) is 0 Å². The number of aliphatic hydroxyl groups is 1. The molecule has 0 aromatic heterocycles. The van der Waals surface area contributed by atoms with Gasteiger partial charge in [0.05, 0.1) is 5.92 Å². The summed E-state index contributed by atoms with van der Waals surface area (Å²) in [6.45, 7) is 9.44. The molecule has 1 heterocycles. The van der Waals surface area contributed by atoms with Crippen LogP contribution in [0, 0.1) is 17.3 Å². The van der Waals surface area contributed by atoms with Crippen LogP contribution in [-0.4, -0.2) is 40.2 Å². The summed E-state index contributed by atoms with van der Waals surface area (Å²) in [5.74, 6) is -2.01. The lowest BCUT2D eigenvalue weighted by molar-refractivity contribution is -0.318. The molecular weight excluding hydrogens is 481 g/mol. The molecule has 2 aromatic carbocycles. The zero-order valence-corrected chi connectivity index (χ0v) is 22.0. The van der Waals surface area contributed by atoms with Gasteiger partial charge in [-0.05, 0) is 53.9 Å². The van der Waals surface area contributed by atoms with Gasteiger partial charge in [0.25, 0.3) is 11.6 Å². The maximum atomic E-state index is 14.3. The van der Waals surface area contributed by atoms with Crippen molar-refractivity contribution in [1.82, 2.24) is 5.01 Å². The number of fused-ring (bicyclic) bond motifs is 1. The molecule has 0 radical (unpaired) electrons. The molecule has 5 nitrogen and oxygen atoms in total. The Kier molecular flexibility index (Phi) is 6.95. The van der Waals surface area contributed by atoms with Crippen LogP contribution >= 0.6 is 0 Å². The molecule has 2 aliphatic rings. The van der Waals surface area contributed by atoms with Crippen LogP contribution in [-0.2, 0) is 10.2 Å². The number of hydrogen-bond acceptors (Lipinski definition) is 4. The molecule has 0 unspecified atom stereocenters. The fraction of sp³-hybridized carbons (Fsp3) is 0.517. The first-order chi connectivity index (χ1) is 17.2. The molecule has 1 aliphatic carbocycles. The molecule has 1 aliphatic heterocycles. The van der Waals surface area contributed by atoms with Gasteiger partial charge in [0.2, 0.25) is 0 Å². The van der Waals surface area contributed by atoms with Crippen LogP contribution in [0.5, 0.6) is 5.75 Å². The van der Waals surface area contributed by atoms with Crippen LogP contribution in [0.1, 0.15) is 65.0 Å². The van der Waals surface area contributed by atoms with E-state index in [1.54, 1.807) is 12.1 Å². The number of hydrazone groups is 1. The third-order valence-corrected chi connectivity index (χ3v) is 8.02. The topological polar surface area (TPSA) is 62.1 Å². The minimum absolute atomic E-state index is 0.0321. The molecule has 37 heavy (non-hydrogen) atoms. The van der Waals surface area contributed by atoms with E-state index in [1.165, 1.54) is 0 Å². The normalized spacial score (nSPS) is 24.5. The number of carbonyl (C=O) groups is 1. The quantitative estimate of drug-likeness (QED) is 0.507. The number of ether oxygens (including phenoxy) is 1. The number of alkyl halides is 3. The second kappa shape index (κ2) is 9.46. The SMILES string of the molecule is CC(C)(c1ccccc1)c1ccc(OCC(=O)N2N=C3CC[C@H](C(C)(C)C)C[C@@H]3[C@@]2(O)C(F)(F)F)cc1. The predicted molar refractivity (Wildman–Crippen MR) is 136 cm³/mol. The molecule has 1 fully saturated rings. The van der Waals surface area contributed by atoms with Crippen LogP contribution in [0.2, 0.25) is 0 Å². The molecule has 0 bridgehead atoms. The lowest BCUT2D eigenvalue weighted by atomic mass is 9.66. The average Bonchev–Trinajstić information content (AvgIpc) is 3.16. The van der Waals surface area contributed by atoms with Crippen molar-refractivity contribution < 1.29 is 27.8 Å². The van der Waals surface area contributed by atoms with E-state index in [0.29, 0.717) is 18.6 Å². The summed E-state index contributed by atoms with van der Waals surface area (Å²) in [5.41, 5.74) is -1.50. The molecule has 1 amide bonds. The number of halogens is 3. The lowest BCUT2D eigenvalue weighted by Crippen LogP contribution is -2.62. The van der Waals surface area contributed by atoms with Crippen molar-refractivity contribution in [2.24, 2.45) is 22.4 Å². The van der Waals surface area contributed by atoms with Crippen LogP contribution in [0.25, 0.3) is 0 Å². The third-order valence-electron chi connectivity index (χ3n) is 8.02. The highest BCUT2D eigenvalue weighted by Crippen LogP contribution is 2.51. The maximum absolute atomic E-state index is 14.3. The minimum Gasteiger partial charge on any atom is -0.484 e. The summed E-state index contributed by atoms with van der Waals surface area (Å²) in [4.78, 5) is 12.9. The number of rotatable bonds is 5. The fourth-order valence-electron chi connectivity index (χ4n) is 5.45. The first-order valence-corrected chi connectivity index (χ1v) is 12.6. The number of nitrogens with zero attached hydrogens (tertiary/aromatic N) is 2. The Morgan fingerprint density at radius 2 is 1.62 bits per heavy atom. The number of benzene rings is 2. The second-order valence-corrected chi connectivity index (χ2v) is 11.7. The Morgan fingerprint density at radius 3 is 2.19 bits per heavy atom. The first kappa shape index (κ1) is 27.2. The molecule has 0 spiro atoms. The van der Waals surface area contributed by atoms with Gasteiger partial charge in [0, 0.05) is 11.1 Å². The molecule has 2 aromatic rings. The average molecular weight is 517 g/mol. The smallest absolute Gasteiger partial charge is 0.439 e. The van der Waals surface area contributed by atoms with Crippen LogP contribution in [0.15, 0.2) is 59.7 Å². The van der Waals surface area contributed by atoms with E-state index in [2.05, 4.69) is 18.9 Å². The first-order valence-electron chi connectivity index (χ1n) is 12.6. The van der Waals surface area contributed by atoms with Gasteiger partial charge in [-0.25, -0.2) is 0 Å². The van der Waals surface area contributed by atoms with E-state index in [4.69, 9.17) is 4.74 Å². The summed E-state index contributed by atoms with van der Waals surface area (Å²) < 4.78 is 48.3. The summed E-state index contributed by atoms with van der Waals surface area (Å²) in [5, 5.41) is 15.2. The largest absolute Gasteiger partial charge is 0.484 e. The van der Waals surface area contributed by atoms with Crippen molar-refractivity contribution in [2.75, 3.05) is 6.61 Å². The monoisotopic (exact) mass is 516 g/mol. The Labute approximate surface area is 216 Å². The van der Waals surface area contributed by atoms with Gasteiger partial charge < -0.3 is 9.84 Å². The fourth-order valence-corrected chi connectivity index (χ4v) is 5.45. The van der Waals surface area contributed by atoms with Gasteiger partial charge in [-0.15, -0.1) is 0 Å². The highest BCUT2D eigenvalue weighted by Gasteiger charge is 2.69. The van der Waals surface area contributed by atoms with E-state index >= 15 is 0 Å². The second-order valence-electron chi connectivity index (χ2n) is 11.7. The molecule has 4 rings (SSSR count). The van der Waals surface area contributed by atoms with Gasteiger partial charge in [0.15, 0.2) is 6.61 Å². The Balaban J connectivity index is 1.49. The van der Waals surface area contributed by atoms with Gasteiger partial charge >= 0.3 is 6.18 Å². The standard InChI is InChI=1S/C29H35F3N2O3/c1-26(2,3)21-13-16-24-23(17-21)28(36,29(30,31)32)34(33-24)25(35)18-37-22-14-11-20(12-15-22)27(4,5)19-9-7-6-8-10-19/h6-12,14-15,21,23,36H,13,16-18H2,1-5H3/t21-,23-,28+/m0/s1. The van der Waals surface area contributed by atoms with Crippen molar-refractivity contribution in [1.29, 1.82) is 0 Å². The molecule has 3 atom stereocenters. The molecule has 200 valence electrons. The number of carbonyl (C=O) groups excluding carboxylic acids is 1. The van der Waals surface area contributed by atoms with Gasteiger partial charge in [-0.1, -0.05) is 77.1 Å². The molecule has 1 N–H and O–H groups in total. The van der Waals surface area contributed by atoms with Gasteiger partial charge in [-0.2, -0.15) is 23.3 Å². The lowest BCUT2D eigenvalue weighted by Gasteiger charge is -2.42. The van der Waals surface area contributed by atoms with Crippen molar-refractivity contribution in [3.8, 4) is 5.75 Å². The van der Waals surface area contributed by atoms with Crippen LogP contribution in [0.4, 0.5) is 13.2 Å². The molecular formula is C29H35F3N2O3. The number of amides is 1. The van der Waals surface area contributed by atoms with Crippen molar-refractivity contribution >= 4 is 11.6 Å². The minimum atomic E-state index is -5.07. The number of hydrogen-bond donors (Lipinski definition) is 1. The van der Waals surface area contributed by atoms with Crippen LogP contribution < -0.4 is 4.74 Å². The van der Waals surface area contributed by atoms with E-state index in [9.17, 15) is 23.1 Å². The molecule has 0 saturated heterocycles. The molecule has 8 heteroatoms. The van der Waals surface area contributed by atoms with Gasteiger partial charge in [-0.3, -0.25) is 4.79 Å². The maximum Gasteiger partial charge on any atom is 0.439 e.